The van der Waals surface area contributed by atoms with Crippen molar-refractivity contribution in [3.8, 4) is 22.4 Å². The average Bonchev–Trinajstić information content (AvgIpc) is 3.15. The molecule has 0 saturated heterocycles. The van der Waals surface area contributed by atoms with E-state index < -0.39 is 5.97 Å². The van der Waals surface area contributed by atoms with Gasteiger partial charge in [-0.15, -0.1) is 0 Å². The quantitative estimate of drug-likeness (QED) is 0.132. The Morgan fingerprint density at radius 2 is 1.10 bits per heavy atom. The molecule has 0 aliphatic carbocycles. The second-order valence-electron chi connectivity index (χ2n) is 11.3. The first-order valence-electron chi connectivity index (χ1n) is 16.1. The molecule has 0 bridgehead atoms. The summed E-state index contributed by atoms with van der Waals surface area (Å²) < 4.78 is 2.01. The highest BCUT2D eigenvalue weighted by Gasteiger charge is 2.11. The lowest BCUT2D eigenvalue weighted by atomic mass is 9.98. The Morgan fingerprint density at radius 1 is 0.577 bits per heavy atom. The van der Waals surface area contributed by atoms with Gasteiger partial charge in [-0.25, -0.2) is 4.98 Å². The van der Waals surface area contributed by atoms with E-state index in [-0.39, 0.29) is 11.6 Å². The Morgan fingerprint density at radius 3 is 1.69 bits per heavy atom. The number of halogens is 2. The third-order valence-electron chi connectivity index (χ3n) is 7.39. The molecule has 0 atom stereocenters. The number of nitrogen functional groups attached to an aromatic ring is 1. The Labute approximate surface area is 320 Å². The summed E-state index contributed by atoms with van der Waals surface area (Å²) in [4.78, 5) is 36.6. The second kappa shape index (κ2) is 19.6. The summed E-state index contributed by atoms with van der Waals surface area (Å²) in [5.41, 5.74) is 13.8. The zero-order valence-corrected chi connectivity index (χ0v) is 31.7. The number of anilines is 1. The number of carboxylic acid groups (broad SMARTS) is 1. The molecule has 260 valence electrons. The number of ketones is 2. The number of carboxylic acids is 1. The van der Waals surface area contributed by atoms with E-state index in [1.807, 2.05) is 72.8 Å². The summed E-state index contributed by atoms with van der Waals surface area (Å²) in [5, 5.41) is 8.59. The maximum Gasteiger partial charge on any atom is 0.300 e. The molecule has 0 radical (unpaired) electrons. The topological polar surface area (TPSA) is 110 Å². The predicted octanol–water partition coefficient (Wildman–Crippen LogP) is 11.6. The van der Waals surface area contributed by atoms with Crippen LogP contribution in [0, 0.1) is 0 Å². The van der Waals surface area contributed by atoms with Crippen LogP contribution in [-0.2, 0) is 4.79 Å². The van der Waals surface area contributed by atoms with Crippen molar-refractivity contribution < 1.29 is 19.5 Å². The van der Waals surface area contributed by atoms with Crippen LogP contribution in [-0.4, -0.2) is 27.6 Å². The van der Waals surface area contributed by atoms with Gasteiger partial charge in [0.1, 0.15) is 0 Å². The number of carbonyl (C=O) groups excluding carboxylic acids is 2. The molecule has 0 aliphatic rings. The van der Waals surface area contributed by atoms with E-state index in [1.54, 1.807) is 37.3 Å². The van der Waals surface area contributed by atoms with Gasteiger partial charge in [0.2, 0.25) is 0 Å². The van der Waals surface area contributed by atoms with Crippen LogP contribution in [0.15, 0.2) is 173 Å². The SMILES string of the molecule is Brc1cccc(-c2cc(-c3ccccc3)c3ccccc3n2)c1.CC(=O)O.CC(=O)c1cccc(Br)c1.Nc1ccccc1C(=O)c1ccccc1. The van der Waals surface area contributed by atoms with Gasteiger partial charge < -0.3 is 10.8 Å². The van der Waals surface area contributed by atoms with Crippen molar-refractivity contribution in [3.05, 3.63) is 189 Å². The van der Waals surface area contributed by atoms with Gasteiger partial charge in [-0.3, -0.25) is 14.4 Å². The van der Waals surface area contributed by atoms with Crippen molar-refractivity contribution in [1.29, 1.82) is 0 Å². The molecular formula is C44H36Br2N2O4. The maximum atomic E-state index is 12.0. The molecule has 7 rings (SSSR count). The lowest BCUT2D eigenvalue weighted by molar-refractivity contribution is -0.134. The molecule has 7 aromatic rings. The minimum atomic E-state index is -0.833. The molecule has 8 heteroatoms. The molecule has 1 heterocycles. The van der Waals surface area contributed by atoms with Crippen molar-refractivity contribution in [2.24, 2.45) is 0 Å². The van der Waals surface area contributed by atoms with Crippen LogP contribution in [0.3, 0.4) is 0 Å². The number of Topliss-reactive ketones (excluding diaryl/α,β-unsaturated/α-hetero) is 1. The molecule has 0 aliphatic heterocycles. The highest BCUT2D eigenvalue weighted by Crippen LogP contribution is 2.32. The highest BCUT2D eigenvalue weighted by atomic mass is 79.9. The van der Waals surface area contributed by atoms with E-state index in [0.717, 1.165) is 38.2 Å². The van der Waals surface area contributed by atoms with E-state index >= 15 is 0 Å². The number of benzene rings is 6. The number of para-hydroxylation sites is 2. The summed E-state index contributed by atoms with van der Waals surface area (Å²) in [6, 6.07) is 52.8. The number of aliphatic carboxylic acids is 1. The maximum absolute atomic E-state index is 12.0. The normalized spacial score (nSPS) is 9.92. The van der Waals surface area contributed by atoms with Gasteiger partial charge in [0.05, 0.1) is 11.2 Å². The first-order valence-corrected chi connectivity index (χ1v) is 17.7. The van der Waals surface area contributed by atoms with Crippen molar-refractivity contribution in [2.75, 3.05) is 5.73 Å². The van der Waals surface area contributed by atoms with Crippen LogP contribution >= 0.6 is 31.9 Å². The van der Waals surface area contributed by atoms with Crippen molar-refractivity contribution >= 4 is 66.0 Å². The number of aromatic nitrogens is 1. The molecular weight excluding hydrogens is 780 g/mol. The van der Waals surface area contributed by atoms with Crippen molar-refractivity contribution in [2.45, 2.75) is 13.8 Å². The smallest absolute Gasteiger partial charge is 0.300 e. The Balaban J connectivity index is 0.000000179. The fourth-order valence-electron chi connectivity index (χ4n) is 4.98. The third kappa shape index (κ3) is 11.7. The van der Waals surface area contributed by atoms with Gasteiger partial charge in [0, 0.05) is 49.2 Å². The van der Waals surface area contributed by atoms with Crippen LogP contribution in [0.5, 0.6) is 0 Å². The lowest BCUT2D eigenvalue weighted by Crippen LogP contribution is -2.04. The van der Waals surface area contributed by atoms with E-state index in [0.29, 0.717) is 16.8 Å². The van der Waals surface area contributed by atoms with Crippen molar-refractivity contribution in [3.63, 3.8) is 0 Å². The monoisotopic (exact) mass is 814 g/mol. The molecule has 3 N–H and O–H groups in total. The Hall–Kier alpha value is -5.70. The minimum Gasteiger partial charge on any atom is -0.481 e. The van der Waals surface area contributed by atoms with Crippen LogP contribution in [0.2, 0.25) is 0 Å². The van der Waals surface area contributed by atoms with Gasteiger partial charge in [0.15, 0.2) is 11.6 Å². The van der Waals surface area contributed by atoms with Crippen LogP contribution in [0.4, 0.5) is 5.69 Å². The molecule has 52 heavy (non-hydrogen) atoms. The van der Waals surface area contributed by atoms with E-state index in [2.05, 4.69) is 92.5 Å². The van der Waals surface area contributed by atoms with E-state index in [9.17, 15) is 9.59 Å². The van der Waals surface area contributed by atoms with Crippen LogP contribution in [0.25, 0.3) is 33.3 Å². The minimum absolute atomic E-state index is 0.0336. The fraction of sp³-hybridized carbons (Fsp3) is 0.0455. The number of fused-ring (bicyclic) bond motifs is 1. The molecule has 0 spiro atoms. The predicted molar refractivity (Wildman–Crippen MR) is 219 cm³/mol. The molecule has 6 aromatic carbocycles. The first kappa shape index (κ1) is 39.1. The first-order chi connectivity index (χ1) is 25.0. The van der Waals surface area contributed by atoms with Crippen LogP contribution in [0.1, 0.15) is 40.1 Å². The molecule has 6 nitrogen and oxygen atoms in total. The zero-order chi connectivity index (χ0) is 37.5. The Bertz CT molecular complexity index is 2270. The molecule has 0 amide bonds. The average molecular weight is 817 g/mol. The fourth-order valence-corrected chi connectivity index (χ4v) is 5.78. The highest BCUT2D eigenvalue weighted by molar-refractivity contribution is 9.10. The number of carbonyl (C=O) groups is 3. The summed E-state index contributed by atoms with van der Waals surface area (Å²) in [5.74, 6) is -0.769. The van der Waals surface area contributed by atoms with E-state index in [4.69, 9.17) is 20.6 Å². The summed E-state index contributed by atoms with van der Waals surface area (Å²) in [6.07, 6.45) is 0. The number of pyridine rings is 1. The summed E-state index contributed by atoms with van der Waals surface area (Å²) in [6.45, 7) is 2.64. The van der Waals surface area contributed by atoms with Gasteiger partial charge in [0.25, 0.3) is 5.97 Å². The number of hydrogen-bond donors (Lipinski definition) is 2. The Kier molecular flexibility index (Phi) is 14.8. The number of rotatable bonds is 5. The summed E-state index contributed by atoms with van der Waals surface area (Å²) in [7, 11) is 0. The van der Waals surface area contributed by atoms with Gasteiger partial charge in [-0.05, 0) is 66.6 Å². The number of hydrogen-bond acceptors (Lipinski definition) is 5. The second-order valence-corrected chi connectivity index (χ2v) is 13.1. The summed E-state index contributed by atoms with van der Waals surface area (Å²) >= 11 is 6.82. The zero-order valence-electron chi connectivity index (χ0n) is 28.5. The van der Waals surface area contributed by atoms with E-state index in [1.165, 1.54) is 16.5 Å². The number of nitrogens with zero attached hydrogens (tertiary/aromatic N) is 1. The molecule has 0 fully saturated rings. The molecule has 0 saturated carbocycles. The molecule has 1 aromatic heterocycles. The van der Waals surface area contributed by atoms with Gasteiger partial charge >= 0.3 is 0 Å². The van der Waals surface area contributed by atoms with Crippen molar-refractivity contribution in [1.82, 2.24) is 4.98 Å². The molecule has 0 unspecified atom stereocenters. The lowest BCUT2D eigenvalue weighted by Gasteiger charge is -2.10. The van der Waals surface area contributed by atoms with Crippen LogP contribution < -0.4 is 5.73 Å². The number of nitrogens with two attached hydrogens (primary N) is 1. The largest absolute Gasteiger partial charge is 0.481 e. The third-order valence-corrected chi connectivity index (χ3v) is 8.38. The standard InChI is InChI=1S/C21H14BrN.C13H11NO.C8H7BrO.C2H4O2/c22-17-10-6-9-16(13-17)21-14-19(15-7-2-1-3-8-15)18-11-4-5-12-20(18)23-21;14-12-9-5-4-8-11(12)13(15)10-6-2-1-3-7-10;1-6(10)7-3-2-4-8(9)5-7;1-2(3)4/h1-14H;1-9H,14H2;2-5H,1H3;1H3,(H,3,4). The van der Waals surface area contributed by atoms with Gasteiger partial charge in [-0.2, -0.15) is 0 Å². The van der Waals surface area contributed by atoms with Gasteiger partial charge in [-0.1, -0.05) is 147 Å².